The van der Waals surface area contributed by atoms with Crippen molar-refractivity contribution in [3.63, 3.8) is 0 Å². The van der Waals surface area contributed by atoms with E-state index < -0.39 is 0 Å². The van der Waals surface area contributed by atoms with E-state index >= 15 is 0 Å². The number of hydrogen-bond donors (Lipinski definition) is 1. The van der Waals surface area contributed by atoms with Gasteiger partial charge in [-0.05, 0) is 52.0 Å². The molecule has 3 nitrogen and oxygen atoms in total. The van der Waals surface area contributed by atoms with E-state index in [-0.39, 0.29) is 0 Å². The Labute approximate surface area is 99.9 Å². The summed E-state index contributed by atoms with van der Waals surface area (Å²) in [5, 5.41) is 3.39. The van der Waals surface area contributed by atoms with Gasteiger partial charge in [0, 0.05) is 26.4 Å². The van der Waals surface area contributed by atoms with Gasteiger partial charge in [-0.1, -0.05) is 0 Å². The van der Waals surface area contributed by atoms with Crippen LogP contribution in [0.25, 0.3) is 0 Å². The summed E-state index contributed by atoms with van der Waals surface area (Å²) in [7, 11) is 3.82. The van der Waals surface area contributed by atoms with E-state index in [1.807, 2.05) is 0 Å². The van der Waals surface area contributed by atoms with Crippen LogP contribution in [0.5, 0.6) is 0 Å². The molecule has 96 valence electrons. The van der Waals surface area contributed by atoms with Crippen molar-refractivity contribution in [3.8, 4) is 0 Å². The first kappa shape index (κ1) is 13.9. The highest BCUT2D eigenvalue weighted by Gasteiger charge is 2.15. The van der Waals surface area contributed by atoms with Crippen molar-refractivity contribution in [2.75, 3.05) is 27.4 Å². The first-order valence-electron chi connectivity index (χ1n) is 6.64. The molecule has 0 saturated carbocycles. The van der Waals surface area contributed by atoms with Gasteiger partial charge in [0.2, 0.25) is 0 Å². The summed E-state index contributed by atoms with van der Waals surface area (Å²) in [5.74, 6) is 0. The Hall–Kier alpha value is -0.120. The molecule has 3 heteroatoms. The maximum Gasteiger partial charge on any atom is 0.0575 e. The Bertz CT molecular complexity index is 158. The van der Waals surface area contributed by atoms with Gasteiger partial charge in [-0.3, -0.25) is 0 Å². The quantitative estimate of drug-likeness (QED) is 0.648. The monoisotopic (exact) mass is 229 g/mol. The molecule has 1 rings (SSSR count). The van der Waals surface area contributed by atoms with Gasteiger partial charge in [0.05, 0.1) is 6.10 Å². The molecule has 2 atom stereocenters. The Morgan fingerprint density at radius 3 is 2.88 bits per heavy atom. The second kappa shape index (κ2) is 8.97. The molecular weight excluding hydrogens is 202 g/mol. The van der Waals surface area contributed by atoms with Crippen molar-refractivity contribution in [2.45, 2.75) is 57.1 Å². The highest BCUT2D eigenvalue weighted by atomic mass is 16.5. The molecule has 2 unspecified atom stereocenters. The second-order valence-corrected chi connectivity index (χ2v) is 4.69. The molecule has 0 aromatic rings. The van der Waals surface area contributed by atoms with Gasteiger partial charge in [-0.2, -0.15) is 0 Å². The van der Waals surface area contributed by atoms with Crippen molar-refractivity contribution in [2.24, 2.45) is 0 Å². The molecule has 0 spiro atoms. The van der Waals surface area contributed by atoms with Crippen LogP contribution in [0.1, 0.15) is 44.9 Å². The molecule has 0 aromatic heterocycles. The average Bonchev–Trinajstić information content (AvgIpc) is 2.35. The Balaban J connectivity index is 2.07. The number of methoxy groups -OCH3 is 1. The molecule has 0 radical (unpaired) electrons. The molecule has 1 N–H and O–H groups in total. The van der Waals surface area contributed by atoms with Crippen LogP contribution in [0.2, 0.25) is 0 Å². The molecule has 0 bridgehead atoms. The summed E-state index contributed by atoms with van der Waals surface area (Å²) >= 11 is 0. The number of rotatable bonds is 8. The van der Waals surface area contributed by atoms with Crippen LogP contribution in [0.3, 0.4) is 0 Å². The third kappa shape index (κ3) is 5.83. The molecule has 0 aromatic carbocycles. The predicted octanol–water partition coefficient (Wildman–Crippen LogP) is 2.35. The summed E-state index contributed by atoms with van der Waals surface area (Å²) in [6.07, 6.45) is 9.16. The van der Waals surface area contributed by atoms with Gasteiger partial charge in [-0.15, -0.1) is 0 Å². The van der Waals surface area contributed by atoms with Crippen LogP contribution >= 0.6 is 0 Å². The highest BCUT2D eigenvalue weighted by Crippen LogP contribution is 2.18. The fourth-order valence-corrected chi connectivity index (χ4v) is 2.33. The van der Waals surface area contributed by atoms with Gasteiger partial charge in [0.25, 0.3) is 0 Å². The maximum absolute atomic E-state index is 5.75. The summed E-state index contributed by atoms with van der Waals surface area (Å²) in [4.78, 5) is 0. The van der Waals surface area contributed by atoms with Gasteiger partial charge < -0.3 is 14.8 Å². The van der Waals surface area contributed by atoms with E-state index in [2.05, 4.69) is 12.4 Å². The molecule has 0 amide bonds. The minimum Gasteiger partial charge on any atom is -0.385 e. The molecular formula is C13H27NO2. The average molecular weight is 229 g/mol. The molecule has 1 saturated heterocycles. The lowest BCUT2D eigenvalue weighted by atomic mass is 9.99. The second-order valence-electron chi connectivity index (χ2n) is 4.69. The zero-order valence-corrected chi connectivity index (χ0v) is 10.8. The van der Waals surface area contributed by atoms with E-state index in [0.717, 1.165) is 19.6 Å². The topological polar surface area (TPSA) is 30.5 Å². The first-order valence-corrected chi connectivity index (χ1v) is 6.64. The molecule has 1 fully saturated rings. The fourth-order valence-electron chi connectivity index (χ4n) is 2.33. The standard InChI is InChI=1S/C13H27NO2/c1-14-12(6-5-10-15-2)8-9-13-7-3-4-11-16-13/h12-14H,3-11H2,1-2H3. The van der Waals surface area contributed by atoms with Gasteiger partial charge >= 0.3 is 0 Å². The summed E-state index contributed by atoms with van der Waals surface area (Å²) in [6.45, 7) is 1.84. The van der Waals surface area contributed by atoms with Crippen LogP contribution in [0.4, 0.5) is 0 Å². The lowest BCUT2D eigenvalue weighted by Gasteiger charge is -2.24. The predicted molar refractivity (Wildman–Crippen MR) is 66.8 cm³/mol. The van der Waals surface area contributed by atoms with Gasteiger partial charge in [0.15, 0.2) is 0 Å². The first-order chi connectivity index (χ1) is 7.86. The molecule has 16 heavy (non-hydrogen) atoms. The third-order valence-electron chi connectivity index (χ3n) is 3.42. The van der Waals surface area contributed by atoms with Crippen LogP contribution in [0.15, 0.2) is 0 Å². The molecule has 1 heterocycles. The van der Waals surface area contributed by atoms with E-state index in [1.165, 1.54) is 38.5 Å². The SMILES string of the molecule is CNC(CCCOC)CCC1CCCCO1. The van der Waals surface area contributed by atoms with Crippen molar-refractivity contribution < 1.29 is 9.47 Å². The summed E-state index contributed by atoms with van der Waals surface area (Å²) < 4.78 is 10.8. The largest absolute Gasteiger partial charge is 0.385 e. The Morgan fingerprint density at radius 2 is 2.25 bits per heavy atom. The number of ether oxygens (including phenoxy) is 2. The summed E-state index contributed by atoms with van der Waals surface area (Å²) in [6, 6.07) is 0.626. The van der Waals surface area contributed by atoms with Gasteiger partial charge in [-0.25, -0.2) is 0 Å². The van der Waals surface area contributed by atoms with Crippen LogP contribution in [-0.4, -0.2) is 39.5 Å². The zero-order chi connectivity index (χ0) is 11.6. The number of nitrogens with one attached hydrogen (secondary N) is 1. The highest BCUT2D eigenvalue weighted by molar-refractivity contribution is 4.70. The Morgan fingerprint density at radius 1 is 1.38 bits per heavy atom. The van der Waals surface area contributed by atoms with Crippen molar-refractivity contribution >= 4 is 0 Å². The minimum atomic E-state index is 0.520. The fraction of sp³-hybridized carbons (Fsp3) is 1.00. The van der Waals surface area contributed by atoms with Crippen LogP contribution in [-0.2, 0) is 9.47 Å². The normalized spacial score (nSPS) is 23.2. The van der Waals surface area contributed by atoms with E-state index in [1.54, 1.807) is 7.11 Å². The summed E-state index contributed by atoms with van der Waals surface area (Å²) in [5.41, 5.74) is 0. The number of hydrogen-bond acceptors (Lipinski definition) is 3. The van der Waals surface area contributed by atoms with E-state index in [0.29, 0.717) is 12.1 Å². The molecule has 0 aliphatic carbocycles. The van der Waals surface area contributed by atoms with Crippen molar-refractivity contribution in [1.82, 2.24) is 5.32 Å². The van der Waals surface area contributed by atoms with Crippen molar-refractivity contribution in [1.29, 1.82) is 0 Å². The van der Waals surface area contributed by atoms with Crippen LogP contribution in [0, 0.1) is 0 Å². The maximum atomic E-state index is 5.75. The lowest BCUT2D eigenvalue weighted by Crippen LogP contribution is -2.28. The Kier molecular flexibility index (Phi) is 7.81. The zero-order valence-electron chi connectivity index (χ0n) is 10.8. The van der Waals surface area contributed by atoms with E-state index in [4.69, 9.17) is 9.47 Å². The third-order valence-corrected chi connectivity index (χ3v) is 3.42. The van der Waals surface area contributed by atoms with E-state index in [9.17, 15) is 0 Å². The molecule has 1 aliphatic rings. The van der Waals surface area contributed by atoms with Crippen molar-refractivity contribution in [3.05, 3.63) is 0 Å². The smallest absolute Gasteiger partial charge is 0.0575 e. The molecule has 1 aliphatic heterocycles. The minimum absolute atomic E-state index is 0.520. The van der Waals surface area contributed by atoms with Gasteiger partial charge in [0.1, 0.15) is 0 Å². The van der Waals surface area contributed by atoms with Crippen LogP contribution < -0.4 is 5.32 Å². The lowest BCUT2D eigenvalue weighted by molar-refractivity contribution is 0.00844.